The number of nitrogens with one attached hydrogen (secondary N) is 1. The number of carbonyl (C=O) groups excluding carboxylic acids is 1. The van der Waals surface area contributed by atoms with Gasteiger partial charge in [0.1, 0.15) is 5.82 Å². The van der Waals surface area contributed by atoms with Crippen LogP contribution < -0.4 is 10.2 Å². The van der Waals surface area contributed by atoms with Gasteiger partial charge in [0.15, 0.2) is 0 Å². The summed E-state index contributed by atoms with van der Waals surface area (Å²) < 4.78 is 14.0. The van der Waals surface area contributed by atoms with E-state index in [-0.39, 0.29) is 16.6 Å². The van der Waals surface area contributed by atoms with Crippen LogP contribution in [0.1, 0.15) is 26.8 Å². The fourth-order valence-corrected chi connectivity index (χ4v) is 4.61. The Labute approximate surface area is 166 Å². The van der Waals surface area contributed by atoms with Crippen molar-refractivity contribution in [1.29, 1.82) is 0 Å². The Hall–Kier alpha value is -2.37. The molecule has 0 saturated carbocycles. The van der Waals surface area contributed by atoms with Crippen LogP contribution in [0.25, 0.3) is 0 Å². The molecule has 0 aliphatic carbocycles. The van der Waals surface area contributed by atoms with Crippen LogP contribution in [0.4, 0.5) is 10.1 Å². The molecule has 1 N–H and O–H groups in total. The molecule has 0 fully saturated rings. The fourth-order valence-electron chi connectivity index (χ4n) is 3.53. The summed E-state index contributed by atoms with van der Waals surface area (Å²) in [5, 5.41) is 5.02. The Morgan fingerprint density at radius 3 is 2.81 bits per heavy atom. The predicted octanol–water partition coefficient (Wildman–Crippen LogP) is 5.07. The minimum Gasteiger partial charge on any atom is -0.361 e. The number of hydrogen-bond acceptors (Lipinski definition) is 3. The number of para-hydroxylation sites is 1. The lowest BCUT2D eigenvalue weighted by atomic mass is 10.1. The third-order valence-corrected chi connectivity index (χ3v) is 6.11. The van der Waals surface area contributed by atoms with Crippen LogP contribution in [0.5, 0.6) is 0 Å². The van der Waals surface area contributed by atoms with Crippen LogP contribution in [-0.2, 0) is 6.42 Å². The first-order valence-corrected chi connectivity index (χ1v) is 10.0. The van der Waals surface area contributed by atoms with Gasteiger partial charge >= 0.3 is 0 Å². The molecular formula is C21H18ClFN2OS. The minimum atomic E-state index is -0.612. The standard InChI is InChI=1S/C21H18ClFN2OS/c22-15-6-3-7-16(23)20(15)21(26)24-13-18(19-9-4-12-27-19)25-11-10-14-5-1-2-8-17(14)25/h1-9,12,18H,10-11,13H2,(H,24,26)/t18-/m0/s1. The molecule has 3 nitrogen and oxygen atoms in total. The molecule has 1 aliphatic rings. The van der Waals surface area contributed by atoms with Crippen molar-refractivity contribution >= 4 is 34.5 Å². The average molecular weight is 401 g/mol. The van der Waals surface area contributed by atoms with Gasteiger partial charge in [0.25, 0.3) is 5.91 Å². The van der Waals surface area contributed by atoms with Gasteiger partial charge in [0, 0.05) is 23.7 Å². The second-order valence-electron chi connectivity index (χ2n) is 6.41. The lowest BCUT2D eigenvalue weighted by Gasteiger charge is -2.30. The van der Waals surface area contributed by atoms with Crippen LogP contribution >= 0.6 is 22.9 Å². The molecule has 2 heterocycles. The van der Waals surface area contributed by atoms with E-state index >= 15 is 0 Å². The van der Waals surface area contributed by atoms with E-state index in [2.05, 4.69) is 28.4 Å². The van der Waals surface area contributed by atoms with Crippen molar-refractivity contribution < 1.29 is 9.18 Å². The van der Waals surface area contributed by atoms with Crippen molar-refractivity contribution in [2.45, 2.75) is 12.5 Å². The SMILES string of the molecule is O=C(NC[C@@H](c1cccs1)N1CCc2ccccc21)c1c(F)cccc1Cl. The molecular weight excluding hydrogens is 383 g/mol. The number of hydrogen-bond donors (Lipinski definition) is 1. The molecule has 2 aromatic carbocycles. The summed E-state index contributed by atoms with van der Waals surface area (Å²) >= 11 is 7.68. The number of anilines is 1. The summed E-state index contributed by atoms with van der Waals surface area (Å²) in [4.78, 5) is 16.0. The van der Waals surface area contributed by atoms with Gasteiger partial charge in [0.05, 0.1) is 16.6 Å². The number of carbonyl (C=O) groups is 1. The van der Waals surface area contributed by atoms with Crippen LogP contribution in [-0.4, -0.2) is 19.0 Å². The Morgan fingerprint density at radius 1 is 1.19 bits per heavy atom. The largest absolute Gasteiger partial charge is 0.361 e. The van der Waals surface area contributed by atoms with Crippen molar-refractivity contribution in [3.63, 3.8) is 0 Å². The van der Waals surface area contributed by atoms with Gasteiger partial charge in [-0.1, -0.05) is 41.9 Å². The van der Waals surface area contributed by atoms with E-state index in [1.165, 1.54) is 29.4 Å². The molecule has 1 aliphatic heterocycles. The molecule has 0 unspecified atom stereocenters. The zero-order valence-corrected chi connectivity index (χ0v) is 16.1. The summed E-state index contributed by atoms with van der Waals surface area (Å²) in [6.45, 7) is 1.26. The highest BCUT2D eigenvalue weighted by Gasteiger charge is 2.28. The topological polar surface area (TPSA) is 32.3 Å². The van der Waals surface area contributed by atoms with Crippen molar-refractivity contribution in [2.24, 2.45) is 0 Å². The summed E-state index contributed by atoms with van der Waals surface area (Å²) in [6.07, 6.45) is 0.977. The number of benzene rings is 2. The molecule has 138 valence electrons. The second kappa shape index (κ2) is 7.71. The number of nitrogens with zero attached hydrogens (tertiary/aromatic N) is 1. The van der Waals surface area contributed by atoms with Crippen LogP contribution in [0.3, 0.4) is 0 Å². The third kappa shape index (κ3) is 3.57. The number of halogens is 2. The third-order valence-electron chi connectivity index (χ3n) is 4.82. The van der Waals surface area contributed by atoms with Gasteiger partial charge in [-0.3, -0.25) is 4.79 Å². The molecule has 1 atom stereocenters. The smallest absolute Gasteiger partial charge is 0.255 e. The van der Waals surface area contributed by atoms with Crippen LogP contribution in [0.15, 0.2) is 60.0 Å². The Balaban J connectivity index is 1.58. The monoisotopic (exact) mass is 400 g/mol. The predicted molar refractivity (Wildman–Crippen MR) is 108 cm³/mol. The van der Waals surface area contributed by atoms with E-state index in [4.69, 9.17) is 11.6 Å². The number of amides is 1. The summed E-state index contributed by atoms with van der Waals surface area (Å²) in [5.74, 6) is -1.11. The molecule has 0 saturated heterocycles. The highest BCUT2D eigenvalue weighted by molar-refractivity contribution is 7.10. The number of thiophene rings is 1. The van der Waals surface area contributed by atoms with Crippen molar-refractivity contribution in [1.82, 2.24) is 5.32 Å². The second-order valence-corrected chi connectivity index (χ2v) is 7.80. The van der Waals surface area contributed by atoms with Crippen molar-refractivity contribution in [3.05, 3.63) is 86.8 Å². The van der Waals surface area contributed by atoms with Gasteiger partial charge in [-0.2, -0.15) is 0 Å². The molecule has 0 bridgehead atoms. The van der Waals surface area contributed by atoms with E-state index in [1.807, 2.05) is 23.6 Å². The lowest BCUT2D eigenvalue weighted by Crippen LogP contribution is -2.37. The van der Waals surface area contributed by atoms with Crippen LogP contribution in [0, 0.1) is 5.82 Å². The van der Waals surface area contributed by atoms with Crippen molar-refractivity contribution in [2.75, 3.05) is 18.0 Å². The molecule has 1 aromatic heterocycles. The summed E-state index contributed by atoms with van der Waals surface area (Å²) in [6, 6.07) is 16.6. The fraction of sp³-hybridized carbons (Fsp3) is 0.190. The first-order valence-electron chi connectivity index (χ1n) is 8.75. The molecule has 4 rings (SSSR count). The molecule has 27 heavy (non-hydrogen) atoms. The summed E-state index contributed by atoms with van der Waals surface area (Å²) in [7, 11) is 0. The molecule has 3 aromatic rings. The van der Waals surface area contributed by atoms with Gasteiger partial charge in [-0.15, -0.1) is 11.3 Å². The highest BCUT2D eigenvalue weighted by Crippen LogP contribution is 2.36. The first-order chi connectivity index (χ1) is 13.1. The number of fused-ring (bicyclic) bond motifs is 1. The van der Waals surface area contributed by atoms with Gasteiger partial charge in [0.2, 0.25) is 0 Å². The van der Waals surface area contributed by atoms with E-state index in [0.717, 1.165) is 17.8 Å². The number of rotatable bonds is 5. The zero-order chi connectivity index (χ0) is 18.8. The Bertz CT molecular complexity index is 940. The van der Waals surface area contributed by atoms with Gasteiger partial charge in [-0.25, -0.2) is 4.39 Å². The van der Waals surface area contributed by atoms with E-state index in [1.54, 1.807) is 11.3 Å². The normalized spacial score (nSPS) is 14.1. The quantitative estimate of drug-likeness (QED) is 0.648. The molecule has 0 radical (unpaired) electrons. The van der Waals surface area contributed by atoms with E-state index in [0.29, 0.717) is 6.54 Å². The lowest BCUT2D eigenvalue weighted by molar-refractivity contribution is 0.0947. The Kier molecular flexibility index (Phi) is 5.14. The molecule has 1 amide bonds. The summed E-state index contributed by atoms with van der Waals surface area (Å²) in [5.41, 5.74) is 2.39. The maximum atomic E-state index is 14.0. The van der Waals surface area contributed by atoms with Crippen LogP contribution in [0.2, 0.25) is 5.02 Å². The minimum absolute atomic E-state index is 0.0110. The highest BCUT2D eigenvalue weighted by atomic mass is 35.5. The first kappa shape index (κ1) is 18.0. The maximum Gasteiger partial charge on any atom is 0.255 e. The van der Waals surface area contributed by atoms with Gasteiger partial charge < -0.3 is 10.2 Å². The zero-order valence-electron chi connectivity index (χ0n) is 14.5. The van der Waals surface area contributed by atoms with Crippen molar-refractivity contribution in [3.8, 4) is 0 Å². The molecule has 6 heteroatoms. The van der Waals surface area contributed by atoms with E-state index < -0.39 is 11.7 Å². The van der Waals surface area contributed by atoms with Gasteiger partial charge in [-0.05, 0) is 41.6 Å². The average Bonchev–Trinajstić information content (AvgIpc) is 3.32. The molecule has 0 spiro atoms. The Morgan fingerprint density at radius 2 is 2.04 bits per heavy atom. The van der Waals surface area contributed by atoms with E-state index in [9.17, 15) is 9.18 Å². The maximum absolute atomic E-state index is 14.0.